The Kier molecular flexibility index (Phi) is 5.66. The normalized spacial score (nSPS) is 33.8. The molecule has 0 spiro atoms. The first kappa shape index (κ1) is 18.1. The molecule has 3 fully saturated rings. The van der Waals surface area contributed by atoms with Gasteiger partial charge in [-0.3, -0.25) is 9.59 Å². The molecule has 144 valence electrons. The lowest BCUT2D eigenvalue weighted by atomic mass is 9.71. The van der Waals surface area contributed by atoms with Crippen LogP contribution in [0.15, 0.2) is 12.2 Å². The molecule has 4 heteroatoms. The Morgan fingerprint density at radius 2 is 1.65 bits per heavy atom. The lowest BCUT2D eigenvalue weighted by molar-refractivity contribution is -0.165. The van der Waals surface area contributed by atoms with Gasteiger partial charge in [-0.1, -0.05) is 37.8 Å². The van der Waals surface area contributed by atoms with Crippen molar-refractivity contribution in [2.24, 2.45) is 17.8 Å². The van der Waals surface area contributed by atoms with E-state index in [1.54, 1.807) is 0 Å². The molecule has 3 aliphatic carbocycles. The van der Waals surface area contributed by atoms with Gasteiger partial charge < -0.3 is 9.64 Å². The predicted molar refractivity (Wildman–Crippen MR) is 100 cm³/mol. The van der Waals surface area contributed by atoms with Crippen molar-refractivity contribution in [2.75, 3.05) is 6.54 Å². The van der Waals surface area contributed by atoms with Gasteiger partial charge in [0.1, 0.15) is 6.10 Å². The van der Waals surface area contributed by atoms with Gasteiger partial charge in [-0.2, -0.15) is 0 Å². The molecule has 1 aliphatic heterocycles. The van der Waals surface area contributed by atoms with Crippen LogP contribution in [0.4, 0.5) is 0 Å². The Hall–Kier alpha value is -1.32. The van der Waals surface area contributed by atoms with Gasteiger partial charge in [0.2, 0.25) is 5.91 Å². The molecule has 26 heavy (non-hydrogen) atoms. The molecule has 1 heterocycles. The molecule has 0 bridgehead atoms. The lowest BCUT2D eigenvalue weighted by Crippen LogP contribution is -2.54. The summed E-state index contributed by atoms with van der Waals surface area (Å²) < 4.78 is 5.87. The first-order valence-electron chi connectivity index (χ1n) is 10.9. The zero-order chi connectivity index (χ0) is 17.9. The standard InChI is InChI=1S/C22H33NO3/c24-21-20-16(14-15-23(21)17-9-3-1-4-10-17)8-7-13-19(20)22(25)26-18-11-5-2-6-12-18/h7-8,16-20H,1-6,9-15H2/t16-,19-,20+/m0/s1. The summed E-state index contributed by atoms with van der Waals surface area (Å²) in [7, 11) is 0. The number of ether oxygens (including phenoxy) is 1. The zero-order valence-electron chi connectivity index (χ0n) is 15.9. The Morgan fingerprint density at radius 1 is 0.962 bits per heavy atom. The van der Waals surface area contributed by atoms with Crippen molar-refractivity contribution < 1.29 is 14.3 Å². The topological polar surface area (TPSA) is 46.6 Å². The zero-order valence-corrected chi connectivity index (χ0v) is 15.9. The summed E-state index contributed by atoms with van der Waals surface area (Å²) in [6.07, 6.45) is 17.6. The van der Waals surface area contributed by atoms with Crippen LogP contribution in [0.5, 0.6) is 0 Å². The minimum Gasteiger partial charge on any atom is -0.462 e. The van der Waals surface area contributed by atoms with Gasteiger partial charge in [0.25, 0.3) is 0 Å². The molecule has 3 atom stereocenters. The average Bonchev–Trinajstić information content (AvgIpc) is 2.69. The number of hydrogen-bond donors (Lipinski definition) is 0. The van der Waals surface area contributed by atoms with Crippen LogP contribution in [0.2, 0.25) is 0 Å². The van der Waals surface area contributed by atoms with Crippen LogP contribution in [-0.2, 0) is 14.3 Å². The first-order valence-corrected chi connectivity index (χ1v) is 10.9. The smallest absolute Gasteiger partial charge is 0.310 e. The fourth-order valence-corrected chi connectivity index (χ4v) is 5.62. The number of esters is 1. The maximum atomic E-state index is 13.4. The van der Waals surface area contributed by atoms with E-state index in [0.29, 0.717) is 12.5 Å². The van der Waals surface area contributed by atoms with Gasteiger partial charge in [0.15, 0.2) is 0 Å². The molecule has 4 rings (SSSR count). The van der Waals surface area contributed by atoms with Gasteiger partial charge in [-0.15, -0.1) is 0 Å². The van der Waals surface area contributed by atoms with Gasteiger partial charge in [0.05, 0.1) is 11.8 Å². The van der Waals surface area contributed by atoms with Gasteiger partial charge in [0, 0.05) is 12.6 Å². The molecule has 1 amide bonds. The lowest BCUT2D eigenvalue weighted by Gasteiger charge is -2.45. The Bertz CT molecular complexity index is 546. The molecule has 0 aromatic heterocycles. The van der Waals surface area contributed by atoms with E-state index in [1.807, 2.05) is 0 Å². The van der Waals surface area contributed by atoms with Crippen LogP contribution in [0.3, 0.4) is 0 Å². The third kappa shape index (κ3) is 3.70. The van der Waals surface area contributed by atoms with Gasteiger partial charge in [-0.05, 0) is 57.3 Å². The van der Waals surface area contributed by atoms with E-state index in [0.717, 1.165) is 51.5 Å². The summed E-state index contributed by atoms with van der Waals surface area (Å²) in [5.74, 6) is -0.129. The largest absolute Gasteiger partial charge is 0.462 e. The van der Waals surface area contributed by atoms with Crippen molar-refractivity contribution in [1.29, 1.82) is 0 Å². The molecule has 2 saturated carbocycles. The summed E-state index contributed by atoms with van der Waals surface area (Å²) in [6, 6.07) is 0.401. The number of rotatable bonds is 3. The highest BCUT2D eigenvalue weighted by Crippen LogP contribution is 2.40. The summed E-state index contributed by atoms with van der Waals surface area (Å²) in [5.41, 5.74) is 0. The second-order valence-electron chi connectivity index (χ2n) is 8.77. The van der Waals surface area contributed by atoms with Crippen molar-refractivity contribution in [3.8, 4) is 0 Å². The molecule has 4 aliphatic rings. The molecule has 0 aromatic rings. The Labute approximate surface area is 157 Å². The quantitative estimate of drug-likeness (QED) is 0.559. The summed E-state index contributed by atoms with van der Waals surface area (Å²) >= 11 is 0. The van der Waals surface area contributed by atoms with Crippen molar-refractivity contribution in [3.63, 3.8) is 0 Å². The number of likely N-dealkylation sites (tertiary alicyclic amines) is 1. The number of piperidine rings is 1. The predicted octanol–water partition coefficient (Wildman–Crippen LogP) is 4.24. The highest BCUT2D eigenvalue weighted by Gasteiger charge is 2.47. The van der Waals surface area contributed by atoms with E-state index in [2.05, 4.69) is 17.1 Å². The SMILES string of the molecule is O=C(OC1CCCCC1)[C@H]1CC=C[C@H]2CCN(C3CCCCC3)C(=O)[C@@H]12. The van der Waals surface area contributed by atoms with E-state index in [4.69, 9.17) is 4.74 Å². The second-order valence-corrected chi connectivity index (χ2v) is 8.77. The monoisotopic (exact) mass is 359 g/mol. The maximum absolute atomic E-state index is 13.4. The number of carbonyl (C=O) groups excluding carboxylic acids is 2. The molecule has 0 unspecified atom stereocenters. The summed E-state index contributed by atoms with van der Waals surface area (Å²) in [5, 5.41) is 0. The van der Waals surface area contributed by atoms with Gasteiger partial charge in [-0.25, -0.2) is 0 Å². The number of hydrogen-bond acceptors (Lipinski definition) is 3. The second kappa shape index (κ2) is 8.14. The third-order valence-electron chi connectivity index (χ3n) is 7.09. The molecule has 0 aromatic carbocycles. The third-order valence-corrected chi connectivity index (χ3v) is 7.09. The van der Waals surface area contributed by atoms with Crippen LogP contribution in [0.1, 0.15) is 77.0 Å². The molecule has 1 saturated heterocycles. The molecule has 0 N–H and O–H groups in total. The number of carbonyl (C=O) groups is 2. The van der Waals surface area contributed by atoms with Crippen LogP contribution in [-0.4, -0.2) is 35.5 Å². The average molecular weight is 360 g/mol. The molecular formula is C22H33NO3. The van der Waals surface area contributed by atoms with Crippen molar-refractivity contribution >= 4 is 11.9 Å². The maximum Gasteiger partial charge on any atom is 0.310 e. The molecule has 4 nitrogen and oxygen atoms in total. The van der Waals surface area contributed by atoms with E-state index in [9.17, 15) is 9.59 Å². The Balaban J connectivity index is 1.45. The summed E-state index contributed by atoms with van der Waals surface area (Å²) in [4.78, 5) is 28.4. The number of nitrogens with zero attached hydrogens (tertiary/aromatic N) is 1. The first-order chi connectivity index (χ1) is 12.7. The fourth-order valence-electron chi connectivity index (χ4n) is 5.62. The minimum atomic E-state index is -0.272. The fraction of sp³-hybridized carbons (Fsp3) is 0.818. The molecule has 0 radical (unpaired) electrons. The van der Waals surface area contributed by atoms with Crippen LogP contribution >= 0.6 is 0 Å². The number of allylic oxidation sites excluding steroid dienone is 2. The van der Waals surface area contributed by atoms with E-state index < -0.39 is 0 Å². The summed E-state index contributed by atoms with van der Waals surface area (Å²) in [6.45, 7) is 0.861. The van der Waals surface area contributed by atoms with Gasteiger partial charge >= 0.3 is 5.97 Å². The highest BCUT2D eigenvalue weighted by atomic mass is 16.5. The van der Waals surface area contributed by atoms with Crippen molar-refractivity contribution in [2.45, 2.75) is 89.2 Å². The molecular weight excluding hydrogens is 326 g/mol. The Morgan fingerprint density at radius 3 is 2.38 bits per heavy atom. The highest BCUT2D eigenvalue weighted by molar-refractivity contribution is 5.87. The van der Waals surface area contributed by atoms with Crippen LogP contribution in [0, 0.1) is 17.8 Å². The van der Waals surface area contributed by atoms with E-state index in [-0.39, 0.29) is 35.7 Å². The van der Waals surface area contributed by atoms with Crippen LogP contribution in [0.25, 0.3) is 0 Å². The van der Waals surface area contributed by atoms with Crippen LogP contribution < -0.4 is 0 Å². The minimum absolute atomic E-state index is 0.0775. The number of amides is 1. The van der Waals surface area contributed by atoms with Crippen molar-refractivity contribution in [3.05, 3.63) is 12.2 Å². The van der Waals surface area contributed by atoms with E-state index >= 15 is 0 Å². The number of fused-ring (bicyclic) bond motifs is 1. The van der Waals surface area contributed by atoms with Crippen molar-refractivity contribution in [1.82, 2.24) is 4.90 Å². The van der Waals surface area contributed by atoms with E-state index in [1.165, 1.54) is 25.7 Å².